The summed E-state index contributed by atoms with van der Waals surface area (Å²) in [6.07, 6.45) is 4.40. The number of nitrogens with one attached hydrogen (secondary N) is 1. The Bertz CT molecular complexity index is 655. The van der Waals surface area contributed by atoms with Gasteiger partial charge in [0, 0.05) is 24.4 Å². The van der Waals surface area contributed by atoms with Gasteiger partial charge in [0.2, 0.25) is 5.91 Å². The lowest BCUT2D eigenvalue weighted by molar-refractivity contribution is -0.117. The predicted molar refractivity (Wildman–Crippen MR) is 83.6 cm³/mol. The second-order valence-corrected chi connectivity index (χ2v) is 5.15. The fourth-order valence-corrected chi connectivity index (χ4v) is 2.48. The number of rotatable bonds is 6. The number of carbonyl (C=O) groups is 1. The van der Waals surface area contributed by atoms with Crippen molar-refractivity contribution in [1.29, 1.82) is 5.26 Å². The summed E-state index contributed by atoms with van der Waals surface area (Å²) in [7, 11) is 0. The van der Waals surface area contributed by atoms with Gasteiger partial charge in [-0.25, -0.2) is 0 Å². The van der Waals surface area contributed by atoms with E-state index in [0.29, 0.717) is 12.8 Å². The van der Waals surface area contributed by atoms with Crippen LogP contribution in [0, 0.1) is 17.2 Å². The van der Waals surface area contributed by atoms with Crippen LogP contribution < -0.4 is 5.32 Å². The van der Waals surface area contributed by atoms with E-state index in [1.54, 1.807) is 6.20 Å². The summed E-state index contributed by atoms with van der Waals surface area (Å²) >= 11 is 0. The molecular formula is C17H19N3O. The maximum Gasteiger partial charge on any atom is 0.224 e. The molecule has 1 atom stereocenters. The van der Waals surface area contributed by atoms with E-state index in [-0.39, 0.29) is 11.8 Å². The summed E-state index contributed by atoms with van der Waals surface area (Å²) in [5, 5.41) is 12.7. The van der Waals surface area contributed by atoms with Gasteiger partial charge in [-0.2, -0.15) is 5.26 Å². The molecule has 0 aliphatic rings. The molecule has 108 valence electrons. The summed E-state index contributed by atoms with van der Waals surface area (Å²) in [5.74, 6) is 0.0739. The molecule has 21 heavy (non-hydrogen) atoms. The van der Waals surface area contributed by atoms with Crippen LogP contribution in [0.1, 0.15) is 32.6 Å². The molecule has 2 aromatic rings. The minimum atomic E-state index is -0.0538. The second kappa shape index (κ2) is 7.39. The van der Waals surface area contributed by atoms with Crippen molar-refractivity contribution in [3.8, 4) is 6.07 Å². The fourth-order valence-electron chi connectivity index (χ4n) is 2.48. The first-order valence-electron chi connectivity index (χ1n) is 7.25. The first kappa shape index (κ1) is 15.0. The number of carbonyl (C=O) groups excluding carboxylic acids is 1. The molecule has 0 saturated carbocycles. The number of aromatic nitrogens is 1. The van der Waals surface area contributed by atoms with Gasteiger partial charge in [0.25, 0.3) is 0 Å². The van der Waals surface area contributed by atoms with Gasteiger partial charge in [-0.1, -0.05) is 31.5 Å². The monoisotopic (exact) mass is 281 g/mol. The number of nitriles is 1. The Morgan fingerprint density at radius 3 is 2.95 bits per heavy atom. The van der Waals surface area contributed by atoms with Crippen molar-refractivity contribution < 1.29 is 4.79 Å². The molecule has 0 saturated heterocycles. The van der Waals surface area contributed by atoms with Gasteiger partial charge in [-0.05, 0) is 24.5 Å². The topological polar surface area (TPSA) is 65.8 Å². The van der Waals surface area contributed by atoms with Gasteiger partial charge in [0.15, 0.2) is 0 Å². The summed E-state index contributed by atoms with van der Waals surface area (Å²) < 4.78 is 0. The Labute approximate surface area is 124 Å². The number of hydrogen-bond acceptors (Lipinski definition) is 3. The number of pyridine rings is 1. The van der Waals surface area contributed by atoms with Crippen molar-refractivity contribution in [3.05, 3.63) is 36.5 Å². The molecule has 0 fully saturated rings. The van der Waals surface area contributed by atoms with Crippen LogP contribution >= 0.6 is 0 Å². The van der Waals surface area contributed by atoms with Crippen LogP contribution in [0.4, 0.5) is 5.69 Å². The van der Waals surface area contributed by atoms with E-state index in [2.05, 4.69) is 23.3 Å². The lowest BCUT2D eigenvalue weighted by atomic mass is 9.96. The number of fused-ring (bicyclic) bond motifs is 1. The number of anilines is 1. The highest BCUT2D eigenvalue weighted by Gasteiger charge is 2.14. The minimum absolute atomic E-state index is 0.0538. The Hall–Kier alpha value is -2.41. The van der Waals surface area contributed by atoms with Crippen molar-refractivity contribution >= 4 is 22.5 Å². The lowest BCUT2D eigenvalue weighted by Gasteiger charge is -2.13. The molecule has 0 aliphatic heterocycles. The Morgan fingerprint density at radius 1 is 1.38 bits per heavy atom. The third-order valence-corrected chi connectivity index (χ3v) is 3.46. The molecule has 1 N–H and O–H groups in total. The second-order valence-electron chi connectivity index (χ2n) is 5.15. The first-order chi connectivity index (χ1) is 10.2. The van der Waals surface area contributed by atoms with Crippen LogP contribution in [-0.4, -0.2) is 10.9 Å². The normalized spacial score (nSPS) is 11.8. The molecule has 4 nitrogen and oxygen atoms in total. The van der Waals surface area contributed by atoms with Crippen LogP contribution in [0.5, 0.6) is 0 Å². The van der Waals surface area contributed by atoms with Gasteiger partial charge < -0.3 is 5.32 Å². The quantitative estimate of drug-likeness (QED) is 0.873. The first-order valence-corrected chi connectivity index (χ1v) is 7.25. The van der Waals surface area contributed by atoms with Crippen molar-refractivity contribution in [3.63, 3.8) is 0 Å². The van der Waals surface area contributed by atoms with Crippen LogP contribution in [-0.2, 0) is 4.79 Å². The van der Waals surface area contributed by atoms with Crippen molar-refractivity contribution in [2.45, 2.75) is 32.6 Å². The largest absolute Gasteiger partial charge is 0.324 e. The molecule has 1 heterocycles. The predicted octanol–water partition coefficient (Wildman–Crippen LogP) is 3.89. The molecule has 0 bridgehead atoms. The van der Waals surface area contributed by atoms with E-state index in [9.17, 15) is 4.79 Å². The average molecular weight is 281 g/mol. The lowest BCUT2D eigenvalue weighted by Crippen LogP contribution is -2.16. The number of hydrogen-bond donors (Lipinski definition) is 1. The minimum Gasteiger partial charge on any atom is -0.324 e. The molecule has 0 radical (unpaired) electrons. The van der Waals surface area contributed by atoms with Gasteiger partial charge in [0.1, 0.15) is 0 Å². The molecule has 0 spiro atoms. The molecule has 0 aliphatic carbocycles. The zero-order chi connectivity index (χ0) is 15.1. The number of amides is 1. The molecule has 4 heteroatoms. The maximum atomic E-state index is 12.2. The molecule has 1 aromatic carbocycles. The number of para-hydroxylation sites is 1. The molecule has 1 amide bonds. The highest BCUT2D eigenvalue weighted by atomic mass is 16.1. The van der Waals surface area contributed by atoms with Crippen molar-refractivity contribution in [2.75, 3.05) is 5.32 Å². The van der Waals surface area contributed by atoms with Crippen LogP contribution in [0.15, 0.2) is 36.5 Å². The summed E-state index contributed by atoms with van der Waals surface area (Å²) in [5.41, 5.74) is 1.52. The highest BCUT2D eigenvalue weighted by molar-refractivity contribution is 6.00. The summed E-state index contributed by atoms with van der Waals surface area (Å²) in [6.45, 7) is 2.07. The van der Waals surface area contributed by atoms with Gasteiger partial charge >= 0.3 is 0 Å². The molecular weight excluding hydrogens is 262 g/mol. The van der Waals surface area contributed by atoms with Gasteiger partial charge in [-0.3, -0.25) is 9.78 Å². The van der Waals surface area contributed by atoms with Gasteiger partial charge in [-0.15, -0.1) is 0 Å². The Morgan fingerprint density at radius 2 is 2.19 bits per heavy atom. The highest BCUT2D eigenvalue weighted by Crippen LogP contribution is 2.22. The van der Waals surface area contributed by atoms with E-state index in [1.165, 1.54) is 0 Å². The number of benzene rings is 1. The van der Waals surface area contributed by atoms with E-state index in [4.69, 9.17) is 5.26 Å². The van der Waals surface area contributed by atoms with Crippen LogP contribution in [0.3, 0.4) is 0 Å². The van der Waals surface area contributed by atoms with Gasteiger partial charge in [0.05, 0.1) is 17.3 Å². The third-order valence-electron chi connectivity index (χ3n) is 3.46. The zero-order valence-electron chi connectivity index (χ0n) is 12.2. The SMILES string of the molecule is CCCC(CC#N)CC(=O)Nc1cccc2cccnc12. The average Bonchev–Trinajstić information content (AvgIpc) is 2.48. The third kappa shape index (κ3) is 4.03. The van der Waals surface area contributed by atoms with E-state index >= 15 is 0 Å². The number of nitrogens with zero attached hydrogens (tertiary/aromatic N) is 2. The van der Waals surface area contributed by atoms with Crippen molar-refractivity contribution in [1.82, 2.24) is 4.98 Å². The van der Waals surface area contributed by atoms with Crippen LogP contribution in [0.25, 0.3) is 10.9 Å². The summed E-state index contributed by atoms with van der Waals surface area (Å²) in [6, 6.07) is 11.7. The molecule has 2 rings (SSSR count). The molecule has 1 aromatic heterocycles. The fraction of sp³-hybridized carbons (Fsp3) is 0.353. The Kier molecular flexibility index (Phi) is 5.28. The zero-order valence-corrected chi connectivity index (χ0v) is 12.2. The molecule has 1 unspecified atom stereocenters. The smallest absolute Gasteiger partial charge is 0.224 e. The summed E-state index contributed by atoms with van der Waals surface area (Å²) in [4.78, 5) is 16.5. The standard InChI is InChI=1S/C17H19N3O/c1-2-5-13(9-10-18)12-16(21)20-15-8-3-6-14-7-4-11-19-17(14)15/h3-4,6-8,11,13H,2,5,9,12H2,1H3,(H,20,21). The Balaban J connectivity index is 2.09. The van der Waals surface area contributed by atoms with Crippen molar-refractivity contribution in [2.24, 2.45) is 5.92 Å². The van der Waals surface area contributed by atoms with E-state index < -0.39 is 0 Å². The maximum absolute atomic E-state index is 12.2. The van der Waals surface area contributed by atoms with Crippen LogP contribution in [0.2, 0.25) is 0 Å². The van der Waals surface area contributed by atoms with E-state index in [1.807, 2.05) is 30.3 Å². The van der Waals surface area contributed by atoms with E-state index in [0.717, 1.165) is 29.4 Å².